The van der Waals surface area contributed by atoms with Crippen molar-refractivity contribution in [3.05, 3.63) is 23.3 Å². The van der Waals surface area contributed by atoms with Crippen LogP contribution in [-0.2, 0) is 16.1 Å². The molecule has 4 nitrogen and oxygen atoms in total. The fraction of sp³-hybridized carbons (Fsp3) is 0.611. The molecule has 0 aromatic heterocycles. The van der Waals surface area contributed by atoms with Crippen molar-refractivity contribution in [2.45, 2.75) is 50.9 Å². The lowest BCUT2D eigenvalue weighted by Gasteiger charge is -2.44. The SMILES string of the molecule is CSc1cc(C)c2c(c1)COC1(CCN(C(=O)C(C)C)CC1)O2. The van der Waals surface area contributed by atoms with E-state index in [2.05, 4.69) is 25.3 Å². The van der Waals surface area contributed by atoms with Gasteiger partial charge in [-0.15, -0.1) is 11.8 Å². The molecule has 23 heavy (non-hydrogen) atoms. The second kappa shape index (κ2) is 6.36. The molecule has 2 aliphatic rings. The number of nitrogens with zero attached hydrogens (tertiary/aromatic N) is 1. The Morgan fingerprint density at radius 1 is 1.30 bits per heavy atom. The van der Waals surface area contributed by atoms with Crippen molar-refractivity contribution in [1.82, 2.24) is 4.90 Å². The van der Waals surface area contributed by atoms with Crippen LogP contribution in [0.4, 0.5) is 0 Å². The first-order chi connectivity index (χ1) is 10.9. The first kappa shape index (κ1) is 16.7. The lowest BCUT2D eigenvalue weighted by atomic mass is 9.99. The molecule has 3 rings (SSSR count). The van der Waals surface area contributed by atoms with Crippen LogP contribution in [0, 0.1) is 12.8 Å². The van der Waals surface area contributed by atoms with Crippen LogP contribution in [0.15, 0.2) is 17.0 Å². The van der Waals surface area contributed by atoms with Crippen LogP contribution in [-0.4, -0.2) is 35.9 Å². The van der Waals surface area contributed by atoms with Crippen molar-refractivity contribution in [3.63, 3.8) is 0 Å². The van der Waals surface area contributed by atoms with E-state index in [0.717, 1.165) is 29.7 Å². The van der Waals surface area contributed by atoms with Crippen LogP contribution in [0.1, 0.15) is 37.8 Å². The predicted molar refractivity (Wildman–Crippen MR) is 91.8 cm³/mol. The minimum atomic E-state index is -0.563. The van der Waals surface area contributed by atoms with Crippen molar-refractivity contribution in [3.8, 4) is 5.75 Å². The van der Waals surface area contributed by atoms with Gasteiger partial charge in [0.15, 0.2) is 0 Å². The summed E-state index contributed by atoms with van der Waals surface area (Å²) in [5.41, 5.74) is 2.29. The van der Waals surface area contributed by atoms with E-state index in [1.807, 2.05) is 18.7 Å². The first-order valence-corrected chi connectivity index (χ1v) is 9.46. The number of likely N-dealkylation sites (tertiary alicyclic amines) is 1. The number of rotatable bonds is 2. The van der Waals surface area contributed by atoms with E-state index < -0.39 is 5.79 Å². The molecule has 0 aliphatic carbocycles. The van der Waals surface area contributed by atoms with Gasteiger partial charge in [0.25, 0.3) is 0 Å². The molecule has 0 N–H and O–H groups in total. The number of amides is 1. The second-order valence-electron chi connectivity index (χ2n) is 6.71. The van der Waals surface area contributed by atoms with E-state index in [-0.39, 0.29) is 11.8 Å². The number of carbonyl (C=O) groups excluding carboxylic acids is 1. The number of thioether (sulfide) groups is 1. The number of hydrogen-bond acceptors (Lipinski definition) is 4. The van der Waals surface area contributed by atoms with Crippen molar-refractivity contribution >= 4 is 17.7 Å². The molecule has 0 radical (unpaired) electrons. The van der Waals surface area contributed by atoms with Gasteiger partial charge in [-0.25, -0.2) is 0 Å². The lowest BCUT2D eigenvalue weighted by molar-refractivity contribution is -0.228. The molecule has 1 amide bonds. The molecular formula is C18H25NO3S. The highest BCUT2D eigenvalue weighted by atomic mass is 32.2. The minimum absolute atomic E-state index is 0.0465. The summed E-state index contributed by atoms with van der Waals surface area (Å²) in [4.78, 5) is 15.3. The van der Waals surface area contributed by atoms with E-state index in [9.17, 15) is 4.79 Å². The van der Waals surface area contributed by atoms with E-state index in [1.54, 1.807) is 11.8 Å². The van der Waals surface area contributed by atoms with Gasteiger partial charge in [0.2, 0.25) is 11.7 Å². The highest BCUT2D eigenvalue weighted by Crippen LogP contribution is 2.41. The molecule has 126 valence electrons. The zero-order valence-electron chi connectivity index (χ0n) is 14.3. The molecule has 5 heteroatoms. The van der Waals surface area contributed by atoms with Gasteiger partial charge in [0, 0.05) is 42.3 Å². The molecule has 0 saturated carbocycles. The Balaban J connectivity index is 1.74. The molecule has 1 fully saturated rings. The van der Waals surface area contributed by atoms with Crippen molar-refractivity contribution in [2.24, 2.45) is 5.92 Å². The van der Waals surface area contributed by atoms with Crippen molar-refractivity contribution in [1.29, 1.82) is 0 Å². The Kier molecular flexibility index (Phi) is 4.61. The lowest BCUT2D eigenvalue weighted by Crippen LogP contribution is -2.53. The van der Waals surface area contributed by atoms with Crippen molar-refractivity contribution in [2.75, 3.05) is 19.3 Å². The fourth-order valence-electron chi connectivity index (χ4n) is 3.29. The summed E-state index contributed by atoms with van der Waals surface area (Å²) in [6.45, 7) is 7.98. The largest absolute Gasteiger partial charge is 0.462 e. The molecule has 1 spiro atoms. The average Bonchev–Trinajstić information content (AvgIpc) is 2.55. The molecule has 1 aromatic carbocycles. The quantitative estimate of drug-likeness (QED) is 0.774. The molecule has 0 bridgehead atoms. The normalized spacial score (nSPS) is 19.6. The van der Waals surface area contributed by atoms with E-state index in [1.165, 1.54) is 4.90 Å². The Labute approximate surface area is 142 Å². The number of ether oxygens (including phenoxy) is 2. The number of carbonyl (C=O) groups is 1. The summed E-state index contributed by atoms with van der Waals surface area (Å²) in [5, 5.41) is 0. The van der Waals surface area contributed by atoms with Gasteiger partial charge in [-0.05, 0) is 30.9 Å². The summed E-state index contributed by atoms with van der Waals surface area (Å²) < 4.78 is 12.4. The number of benzene rings is 1. The molecule has 2 heterocycles. The first-order valence-electron chi connectivity index (χ1n) is 8.23. The highest BCUT2D eigenvalue weighted by Gasteiger charge is 2.42. The third-order valence-electron chi connectivity index (χ3n) is 4.67. The Morgan fingerprint density at radius 2 is 2.00 bits per heavy atom. The molecule has 1 aromatic rings. The Bertz CT molecular complexity index is 607. The smallest absolute Gasteiger partial charge is 0.225 e. The third kappa shape index (κ3) is 3.22. The monoisotopic (exact) mass is 335 g/mol. The molecule has 0 atom stereocenters. The van der Waals surface area contributed by atoms with E-state index in [0.29, 0.717) is 19.7 Å². The summed E-state index contributed by atoms with van der Waals surface area (Å²) in [6, 6.07) is 4.32. The highest BCUT2D eigenvalue weighted by molar-refractivity contribution is 7.98. The number of piperidine rings is 1. The standard InChI is InChI=1S/C18H25NO3S/c1-12(2)17(20)19-7-5-18(6-8-19)21-11-14-10-15(23-4)9-13(3)16(14)22-18/h9-10,12H,5-8,11H2,1-4H3. The van der Waals surface area contributed by atoms with Gasteiger partial charge in [0.05, 0.1) is 6.61 Å². The zero-order valence-corrected chi connectivity index (χ0v) is 15.2. The fourth-order valence-corrected chi connectivity index (χ4v) is 3.84. The average molecular weight is 335 g/mol. The van der Waals surface area contributed by atoms with Gasteiger partial charge >= 0.3 is 0 Å². The van der Waals surface area contributed by atoms with E-state index >= 15 is 0 Å². The van der Waals surface area contributed by atoms with E-state index in [4.69, 9.17) is 9.47 Å². The summed E-state index contributed by atoms with van der Waals surface area (Å²) in [6.07, 6.45) is 3.54. The minimum Gasteiger partial charge on any atom is -0.462 e. The van der Waals surface area contributed by atoms with Gasteiger partial charge in [-0.3, -0.25) is 4.79 Å². The van der Waals surface area contributed by atoms with Crippen molar-refractivity contribution < 1.29 is 14.3 Å². The summed E-state index contributed by atoms with van der Waals surface area (Å²) in [7, 11) is 0. The summed E-state index contributed by atoms with van der Waals surface area (Å²) in [5.74, 6) is 0.673. The topological polar surface area (TPSA) is 38.8 Å². The maximum atomic E-state index is 12.1. The number of aryl methyl sites for hydroxylation is 1. The summed E-state index contributed by atoms with van der Waals surface area (Å²) >= 11 is 1.73. The maximum Gasteiger partial charge on any atom is 0.225 e. The molecule has 0 unspecified atom stereocenters. The second-order valence-corrected chi connectivity index (χ2v) is 7.59. The number of fused-ring (bicyclic) bond motifs is 1. The van der Waals surface area contributed by atoms with Crippen LogP contribution >= 0.6 is 11.8 Å². The van der Waals surface area contributed by atoms with Gasteiger partial charge in [-0.2, -0.15) is 0 Å². The van der Waals surface area contributed by atoms with Crippen LogP contribution < -0.4 is 4.74 Å². The zero-order chi connectivity index (χ0) is 16.6. The molecule has 1 saturated heterocycles. The van der Waals surface area contributed by atoms with Crippen LogP contribution in [0.5, 0.6) is 5.75 Å². The van der Waals surface area contributed by atoms with Crippen LogP contribution in [0.2, 0.25) is 0 Å². The van der Waals surface area contributed by atoms with Gasteiger partial charge in [-0.1, -0.05) is 13.8 Å². The predicted octanol–water partition coefficient (Wildman–Crippen LogP) is 3.60. The molecule has 2 aliphatic heterocycles. The number of hydrogen-bond donors (Lipinski definition) is 0. The Morgan fingerprint density at radius 3 is 2.61 bits per heavy atom. The van der Waals surface area contributed by atoms with Gasteiger partial charge in [0.1, 0.15) is 5.75 Å². The van der Waals surface area contributed by atoms with Crippen LogP contribution in [0.25, 0.3) is 0 Å². The van der Waals surface area contributed by atoms with Crippen LogP contribution in [0.3, 0.4) is 0 Å². The van der Waals surface area contributed by atoms with Gasteiger partial charge < -0.3 is 14.4 Å². The maximum absolute atomic E-state index is 12.1. The Hall–Kier alpha value is -1.20. The molecular weight excluding hydrogens is 310 g/mol. The third-order valence-corrected chi connectivity index (χ3v) is 5.38.